The molecule has 60 valence electrons. The molecule has 0 atom stereocenters. The monoisotopic (exact) mass is 161 g/mol. The summed E-state index contributed by atoms with van der Waals surface area (Å²) in [6.45, 7) is 0. The Kier molecular flexibility index (Phi) is 1.40. The van der Waals surface area contributed by atoms with E-state index in [2.05, 4.69) is 9.97 Å². The number of pyridine rings is 1. The fourth-order valence-corrected chi connectivity index (χ4v) is 1.06. The van der Waals surface area contributed by atoms with Crippen LogP contribution in [-0.2, 0) is 7.05 Å². The summed E-state index contributed by atoms with van der Waals surface area (Å²) in [4.78, 5) is 19.3. The van der Waals surface area contributed by atoms with Crippen molar-refractivity contribution >= 4 is 10.9 Å². The zero-order valence-electron chi connectivity index (χ0n) is 6.56. The van der Waals surface area contributed by atoms with Gasteiger partial charge in [-0.3, -0.25) is 9.78 Å². The SMILES string of the molecule is Cn1cnc2cnccc2c1=O. The first-order chi connectivity index (χ1) is 5.79. The van der Waals surface area contributed by atoms with Crippen LogP contribution < -0.4 is 5.56 Å². The van der Waals surface area contributed by atoms with Crippen LogP contribution in [0.25, 0.3) is 10.9 Å². The molecule has 0 aliphatic rings. The van der Waals surface area contributed by atoms with Crippen LogP contribution in [0.2, 0.25) is 0 Å². The Bertz CT molecular complexity index is 475. The molecule has 2 heterocycles. The molecule has 0 saturated heterocycles. The smallest absolute Gasteiger partial charge is 0.261 e. The highest BCUT2D eigenvalue weighted by atomic mass is 16.1. The summed E-state index contributed by atoms with van der Waals surface area (Å²) in [5.74, 6) is 0. The molecule has 0 bridgehead atoms. The predicted octanol–water partition coefficient (Wildman–Crippen LogP) is 0.328. The molecule has 0 fully saturated rings. The first kappa shape index (κ1) is 6.97. The van der Waals surface area contributed by atoms with Crippen molar-refractivity contribution < 1.29 is 0 Å². The van der Waals surface area contributed by atoms with E-state index in [-0.39, 0.29) is 5.56 Å². The van der Waals surface area contributed by atoms with E-state index in [4.69, 9.17) is 0 Å². The summed E-state index contributed by atoms with van der Waals surface area (Å²) >= 11 is 0. The van der Waals surface area contributed by atoms with Crippen LogP contribution in [0.3, 0.4) is 0 Å². The van der Waals surface area contributed by atoms with Crippen molar-refractivity contribution in [3.63, 3.8) is 0 Å². The lowest BCUT2D eigenvalue weighted by atomic mass is 10.3. The molecule has 0 aromatic carbocycles. The lowest BCUT2D eigenvalue weighted by Gasteiger charge is -1.97. The third-order valence-electron chi connectivity index (χ3n) is 1.72. The van der Waals surface area contributed by atoms with Crippen molar-refractivity contribution in [3.8, 4) is 0 Å². The van der Waals surface area contributed by atoms with Gasteiger partial charge in [-0.2, -0.15) is 0 Å². The first-order valence-corrected chi connectivity index (χ1v) is 3.54. The van der Waals surface area contributed by atoms with Gasteiger partial charge in [0.15, 0.2) is 0 Å². The Morgan fingerprint density at radius 1 is 1.50 bits per heavy atom. The third kappa shape index (κ3) is 0.887. The van der Waals surface area contributed by atoms with E-state index < -0.39 is 0 Å². The number of rotatable bonds is 0. The van der Waals surface area contributed by atoms with Gasteiger partial charge in [0.1, 0.15) is 0 Å². The normalized spacial score (nSPS) is 10.4. The van der Waals surface area contributed by atoms with Crippen LogP contribution in [0.4, 0.5) is 0 Å². The van der Waals surface area contributed by atoms with Crippen LogP contribution in [0.5, 0.6) is 0 Å². The molecule has 0 radical (unpaired) electrons. The van der Waals surface area contributed by atoms with Gasteiger partial charge in [0.2, 0.25) is 0 Å². The zero-order valence-corrected chi connectivity index (χ0v) is 6.56. The number of aromatic nitrogens is 3. The van der Waals surface area contributed by atoms with Gasteiger partial charge in [-0.05, 0) is 6.07 Å². The van der Waals surface area contributed by atoms with Crippen LogP contribution in [-0.4, -0.2) is 14.5 Å². The molecule has 4 nitrogen and oxygen atoms in total. The maximum Gasteiger partial charge on any atom is 0.261 e. The van der Waals surface area contributed by atoms with Gasteiger partial charge in [0.25, 0.3) is 5.56 Å². The highest BCUT2D eigenvalue weighted by molar-refractivity contribution is 5.75. The minimum absolute atomic E-state index is 0.0394. The average Bonchev–Trinajstić information content (AvgIpc) is 2.12. The van der Waals surface area contributed by atoms with Crippen molar-refractivity contribution in [2.24, 2.45) is 7.05 Å². The molecule has 0 spiro atoms. The molecule has 2 aromatic rings. The second-order valence-corrected chi connectivity index (χ2v) is 2.55. The van der Waals surface area contributed by atoms with Crippen molar-refractivity contribution in [2.45, 2.75) is 0 Å². The Labute approximate surface area is 68.5 Å². The number of aryl methyl sites for hydroxylation is 1. The number of hydrogen-bond donors (Lipinski definition) is 0. The van der Waals surface area contributed by atoms with E-state index >= 15 is 0 Å². The van der Waals surface area contributed by atoms with Gasteiger partial charge in [-0.25, -0.2) is 4.98 Å². The average molecular weight is 161 g/mol. The molecule has 0 aliphatic carbocycles. The fraction of sp³-hybridized carbons (Fsp3) is 0.125. The lowest BCUT2D eigenvalue weighted by Crippen LogP contribution is -2.16. The summed E-state index contributed by atoms with van der Waals surface area (Å²) in [7, 11) is 1.68. The molecule has 0 unspecified atom stereocenters. The summed E-state index contributed by atoms with van der Waals surface area (Å²) in [6.07, 6.45) is 4.66. The molecule has 12 heavy (non-hydrogen) atoms. The van der Waals surface area contributed by atoms with E-state index in [1.165, 1.54) is 10.9 Å². The Balaban J connectivity index is 3.01. The van der Waals surface area contributed by atoms with E-state index in [1.54, 1.807) is 25.5 Å². The Morgan fingerprint density at radius 3 is 3.17 bits per heavy atom. The lowest BCUT2D eigenvalue weighted by molar-refractivity contribution is 0.842. The topological polar surface area (TPSA) is 47.8 Å². The molecule has 0 N–H and O–H groups in total. The summed E-state index contributed by atoms with van der Waals surface area (Å²) in [6, 6.07) is 1.67. The first-order valence-electron chi connectivity index (χ1n) is 3.54. The molecule has 2 rings (SSSR count). The summed E-state index contributed by atoms with van der Waals surface area (Å²) in [5, 5.41) is 0.606. The number of hydrogen-bond acceptors (Lipinski definition) is 3. The minimum atomic E-state index is -0.0394. The summed E-state index contributed by atoms with van der Waals surface area (Å²) < 4.78 is 1.45. The largest absolute Gasteiger partial charge is 0.302 e. The third-order valence-corrected chi connectivity index (χ3v) is 1.72. The maximum absolute atomic E-state index is 11.4. The molecular formula is C8H7N3O. The molecule has 0 amide bonds. The maximum atomic E-state index is 11.4. The highest BCUT2D eigenvalue weighted by Gasteiger charge is 1.98. The quantitative estimate of drug-likeness (QED) is 0.559. The second kappa shape index (κ2) is 2.41. The molecule has 0 saturated carbocycles. The van der Waals surface area contributed by atoms with Crippen LogP contribution in [0.1, 0.15) is 0 Å². The van der Waals surface area contributed by atoms with Gasteiger partial charge in [-0.1, -0.05) is 0 Å². The summed E-state index contributed by atoms with van der Waals surface area (Å²) in [5.41, 5.74) is 0.600. The van der Waals surface area contributed by atoms with E-state index in [9.17, 15) is 4.79 Å². The number of fused-ring (bicyclic) bond motifs is 1. The van der Waals surface area contributed by atoms with Crippen LogP contribution >= 0.6 is 0 Å². The van der Waals surface area contributed by atoms with Crippen molar-refractivity contribution in [2.75, 3.05) is 0 Å². The molecular weight excluding hydrogens is 154 g/mol. The molecule has 4 heteroatoms. The van der Waals surface area contributed by atoms with E-state index in [0.29, 0.717) is 10.9 Å². The molecule has 2 aromatic heterocycles. The molecule has 0 aliphatic heterocycles. The zero-order chi connectivity index (χ0) is 8.55. The van der Waals surface area contributed by atoms with Crippen LogP contribution in [0, 0.1) is 0 Å². The number of nitrogens with zero attached hydrogens (tertiary/aromatic N) is 3. The van der Waals surface area contributed by atoms with Gasteiger partial charge in [0.05, 0.1) is 23.4 Å². The van der Waals surface area contributed by atoms with Gasteiger partial charge in [-0.15, -0.1) is 0 Å². The van der Waals surface area contributed by atoms with E-state index in [0.717, 1.165) is 0 Å². The highest BCUT2D eigenvalue weighted by Crippen LogP contribution is 2.00. The van der Waals surface area contributed by atoms with Gasteiger partial charge < -0.3 is 4.57 Å². The minimum Gasteiger partial charge on any atom is -0.302 e. The Hall–Kier alpha value is -1.71. The van der Waals surface area contributed by atoms with Crippen molar-refractivity contribution in [1.29, 1.82) is 0 Å². The van der Waals surface area contributed by atoms with Crippen LogP contribution in [0.15, 0.2) is 29.6 Å². The van der Waals surface area contributed by atoms with Crippen molar-refractivity contribution in [1.82, 2.24) is 14.5 Å². The Morgan fingerprint density at radius 2 is 2.33 bits per heavy atom. The van der Waals surface area contributed by atoms with Gasteiger partial charge in [0, 0.05) is 13.2 Å². The second-order valence-electron chi connectivity index (χ2n) is 2.55. The predicted molar refractivity (Wildman–Crippen MR) is 44.8 cm³/mol. The van der Waals surface area contributed by atoms with Gasteiger partial charge >= 0.3 is 0 Å². The van der Waals surface area contributed by atoms with Crippen molar-refractivity contribution in [3.05, 3.63) is 35.1 Å². The standard InChI is InChI=1S/C8H7N3O/c1-11-5-10-7-4-9-3-2-6(7)8(11)12/h2-5H,1H3. The fourth-order valence-electron chi connectivity index (χ4n) is 1.06. The van der Waals surface area contributed by atoms with E-state index in [1.807, 2.05) is 0 Å².